The summed E-state index contributed by atoms with van der Waals surface area (Å²) in [4.78, 5) is 32.2. The molecule has 2 aromatic carbocycles. The van der Waals surface area contributed by atoms with Crippen LogP contribution in [-0.2, 0) is 11.3 Å². The molecule has 142 valence electrons. The highest BCUT2D eigenvalue weighted by Gasteiger charge is 2.35. The second kappa shape index (κ2) is 7.81. The molecule has 1 aromatic heterocycles. The van der Waals surface area contributed by atoms with E-state index in [4.69, 9.17) is 11.6 Å². The molecule has 7 heteroatoms. The molecule has 1 fully saturated rings. The summed E-state index contributed by atoms with van der Waals surface area (Å²) in [6.07, 6.45) is 2.32. The van der Waals surface area contributed by atoms with E-state index in [0.29, 0.717) is 46.3 Å². The third kappa shape index (κ3) is 3.34. The van der Waals surface area contributed by atoms with Crippen LogP contribution in [0, 0.1) is 0 Å². The van der Waals surface area contributed by atoms with Crippen LogP contribution >= 0.6 is 23.4 Å². The molecule has 0 saturated carbocycles. The van der Waals surface area contributed by atoms with Crippen molar-refractivity contribution >= 4 is 45.9 Å². The van der Waals surface area contributed by atoms with Gasteiger partial charge in [0.25, 0.3) is 5.56 Å². The highest BCUT2D eigenvalue weighted by Crippen LogP contribution is 2.35. The molecule has 1 atom stereocenters. The van der Waals surface area contributed by atoms with Crippen LogP contribution in [0.25, 0.3) is 10.9 Å². The first-order valence-electron chi connectivity index (χ1n) is 8.93. The number of carbonyl (C=O) groups excluding carboxylic acids is 1. The largest absolute Gasteiger partial charge is 0.310 e. The van der Waals surface area contributed by atoms with E-state index in [-0.39, 0.29) is 16.7 Å². The molecule has 0 spiro atoms. The zero-order valence-electron chi connectivity index (χ0n) is 15.0. The van der Waals surface area contributed by atoms with Crippen molar-refractivity contribution in [3.05, 3.63) is 76.6 Å². The summed E-state index contributed by atoms with van der Waals surface area (Å²) >= 11 is 7.59. The number of amides is 1. The van der Waals surface area contributed by atoms with Crippen LogP contribution in [0.1, 0.15) is 6.42 Å². The van der Waals surface area contributed by atoms with Crippen molar-refractivity contribution in [2.45, 2.75) is 23.4 Å². The Bertz CT molecular complexity index is 1130. The molecular formula is C21H18ClN3O2S. The minimum atomic E-state index is -0.319. The molecule has 1 aliphatic rings. The number of halogens is 1. The molecule has 28 heavy (non-hydrogen) atoms. The zero-order chi connectivity index (χ0) is 19.7. The van der Waals surface area contributed by atoms with E-state index in [1.165, 1.54) is 11.8 Å². The average Bonchev–Trinajstić information content (AvgIpc) is 3.05. The number of allylic oxidation sites excluding steroid dienone is 1. The number of aromatic nitrogens is 2. The molecule has 0 N–H and O–H groups in total. The highest BCUT2D eigenvalue weighted by atomic mass is 35.5. The second-order valence-corrected chi connectivity index (χ2v) is 8.03. The molecule has 1 unspecified atom stereocenters. The first kappa shape index (κ1) is 18.8. The molecule has 0 radical (unpaired) electrons. The SMILES string of the molecule is C=CCn1c(SC2CCN(c3ccccc3Cl)C2=O)nc2ccccc2c1=O. The molecule has 5 nitrogen and oxygen atoms in total. The standard InChI is InChI=1S/C21H18ClN3O2S/c1-2-12-25-19(26)14-7-3-5-9-16(14)23-21(25)28-18-11-13-24(20(18)27)17-10-6-4-8-15(17)22/h2-10,18H,1,11-13H2. The molecule has 1 amide bonds. The van der Waals surface area contributed by atoms with Gasteiger partial charge in [-0.3, -0.25) is 14.2 Å². The van der Waals surface area contributed by atoms with Crippen molar-refractivity contribution in [2.75, 3.05) is 11.4 Å². The fraction of sp³-hybridized carbons (Fsp3) is 0.190. The molecule has 3 aromatic rings. The number of thioether (sulfide) groups is 1. The predicted molar refractivity (Wildman–Crippen MR) is 114 cm³/mol. The summed E-state index contributed by atoms with van der Waals surface area (Å²) < 4.78 is 1.57. The van der Waals surface area contributed by atoms with E-state index < -0.39 is 0 Å². The maximum absolute atomic E-state index is 13.0. The van der Waals surface area contributed by atoms with E-state index in [9.17, 15) is 9.59 Å². The monoisotopic (exact) mass is 411 g/mol. The van der Waals surface area contributed by atoms with Gasteiger partial charge in [0.2, 0.25) is 5.91 Å². The first-order valence-corrected chi connectivity index (χ1v) is 10.2. The van der Waals surface area contributed by atoms with Crippen LogP contribution in [-0.4, -0.2) is 27.3 Å². The topological polar surface area (TPSA) is 55.2 Å². The summed E-state index contributed by atoms with van der Waals surface area (Å²) in [5, 5.41) is 1.32. The summed E-state index contributed by atoms with van der Waals surface area (Å²) in [7, 11) is 0. The molecule has 0 aliphatic carbocycles. The van der Waals surface area contributed by atoms with Crippen molar-refractivity contribution in [1.29, 1.82) is 0 Å². The third-order valence-corrected chi connectivity index (χ3v) is 6.25. The maximum Gasteiger partial charge on any atom is 0.262 e. The molecule has 4 rings (SSSR count). The van der Waals surface area contributed by atoms with Gasteiger partial charge in [-0.15, -0.1) is 6.58 Å². The van der Waals surface area contributed by atoms with Gasteiger partial charge in [-0.25, -0.2) is 4.98 Å². The number of benzene rings is 2. The summed E-state index contributed by atoms with van der Waals surface area (Å²) in [6.45, 7) is 4.66. The average molecular weight is 412 g/mol. The van der Waals surface area contributed by atoms with Crippen molar-refractivity contribution in [3.63, 3.8) is 0 Å². The molecule has 1 saturated heterocycles. The lowest BCUT2D eigenvalue weighted by molar-refractivity contribution is -0.116. The number of para-hydroxylation sites is 2. The Kier molecular flexibility index (Phi) is 5.24. The molecular weight excluding hydrogens is 394 g/mol. The van der Waals surface area contributed by atoms with E-state index in [0.717, 1.165) is 0 Å². The van der Waals surface area contributed by atoms with Gasteiger partial charge < -0.3 is 4.90 Å². The van der Waals surface area contributed by atoms with Gasteiger partial charge in [-0.05, 0) is 30.7 Å². The Labute approximate surface area is 171 Å². The van der Waals surface area contributed by atoms with Gasteiger partial charge in [-0.2, -0.15) is 0 Å². The van der Waals surface area contributed by atoms with Gasteiger partial charge in [0, 0.05) is 13.1 Å². The first-order chi connectivity index (χ1) is 13.6. The van der Waals surface area contributed by atoms with Gasteiger partial charge in [0.05, 0.1) is 26.9 Å². The van der Waals surface area contributed by atoms with Crippen LogP contribution in [0.2, 0.25) is 5.02 Å². The Hall–Kier alpha value is -2.57. The molecule has 2 heterocycles. The molecule has 1 aliphatic heterocycles. The Balaban J connectivity index is 1.68. The number of carbonyl (C=O) groups is 1. The Morgan fingerprint density at radius 1 is 1.18 bits per heavy atom. The lowest BCUT2D eigenvalue weighted by Gasteiger charge is -2.18. The van der Waals surface area contributed by atoms with Crippen LogP contribution in [0.5, 0.6) is 0 Å². The quantitative estimate of drug-likeness (QED) is 0.468. The third-order valence-electron chi connectivity index (χ3n) is 4.69. The summed E-state index contributed by atoms with van der Waals surface area (Å²) in [5.74, 6) is -0.0225. The van der Waals surface area contributed by atoms with Crippen LogP contribution in [0.4, 0.5) is 5.69 Å². The number of hydrogen-bond donors (Lipinski definition) is 0. The minimum Gasteiger partial charge on any atom is -0.310 e. The fourth-order valence-electron chi connectivity index (χ4n) is 3.33. The smallest absolute Gasteiger partial charge is 0.262 e. The van der Waals surface area contributed by atoms with E-state index in [1.807, 2.05) is 36.4 Å². The Morgan fingerprint density at radius 2 is 1.93 bits per heavy atom. The second-order valence-electron chi connectivity index (χ2n) is 6.45. The predicted octanol–water partition coefficient (Wildman–Crippen LogP) is 4.13. The summed E-state index contributed by atoms with van der Waals surface area (Å²) in [5.41, 5.74) is 1.22. The number of rotatable bonds is 5. The van der Waals surface area contributed by atoms with Crippen LogP contribution < -0.4 is 10.5 Å². The van der Waals surface area contributed by atoms with Gasteiger partial charge in [-0.1, -0.05) is 53.7 Å². The lowest BCUT2D eigenvalue weighted by Crippen LogP contribution is -2.29. The maximum atomic E-state index is 13.0. The van der Waals surface area contributed by atoms with Gasteiger partial charge >= 0.3 is 0 Å². The van der Waals surface area contributed by atoms with Crippen LogP contribution in [0.3, 0.4) is 0 Å². The number of anilines is 1. The fourth-order valence-corrected chi connectivity index (χ4v) is 4.71. The van der Waals surface area contributed by atoms with Gasteiger partial charge in [0.15, 0.2) is 5.16 Å². The Morgan fingerprint density at radius 3 is 2.71 bits per heavy atom. The van der Waals surface area contributed by atoms with E-state index >= 15 is 0 Å². The minimum absolute atomic E-state index is 0.0225. The summed E-state index contributed by atoms with van der Waals surface area (Å²) in [6, 6.07) is 14.6. The van der Waals surface area contributed by atoms with Crippen LogP contribution in [0.15, 0.2) is 71.1 Å². The number of hydrogen-bond acceptors (Lipinski definition) is 4. The van der Waals surface area contributed by atoms with Crippen molar-refractivity contribution in [3.8, 4) is 0 Å². The van der Waals surface area contributed by atoms with Crippen molar-refractivity contribution in [2.24, 2.45) is 0 Å². The van der Waals surface area contributed by atoms with Crippen molar-refractivity contribution in [1.82, 2.24) is 9.55 Å². The molecule has 0 bridgehead atoms. The van der Waals surface area contributed by atoms with Gasteiger partial charge in [0.1, 0.15) is 0 Å². The normalized spacial score (nSPS) is 16.7. The van der Waals surface area contributed by atoms with E-state index in [1.54, 1.807) is 27.7 Å². The zero-order valence-corrected chi connectivity index (χ0v) is 16.6. The number of nitrogens with zero attached hydrogens (tertiary/aromatic N) is 3. The lowest BCUT2D eigenvalue weighted by atomic mass is 10.2. The van der Waals surface area contributed by atoms with E-state index in [2.05, 4.69) is 11.6 Å². The van der Waals surface area contributed by atoms with Crippen molar-refractivity contribution < 1.29 is 4.79 Å². The highest BCUT2D eigenvalue weighted by molar-refractivity contribution is 8.00. The number of fused-ring (bicyclic) bond motifs is 1.